The maximum Gasteiger partial charge on any atom is 0.417 e. The van der Waals surface area contributed by atoms with E-state index < -0.39 is 23.6 Å². The number of aromatic nitrogens is 3. The summed E-state index contributed by atoms with van der Waals surface area (Å²) in [5, 5.41) is 10.5. The van der Waals surface area contributed by atoms with E-state index in [1.165, 1.54) is 41.1 Å². The number of hydrogen-bond acceptors (Lipinski definition) is 5. The van der Waals surface area contributed by atoms with Crippen LogP contribution in [0.15, 0.2) is 30.5 Å². The molecule has 1 aliphatic rings. The number of amides is 2. The lowest BCUT2D eigenvalue weighted by molar-refractivity contribution is -0.138. The molecule has 3 rings (SSSR count). The van der Waals surface area contributed by atoms with Crippen LogP contribution in [0.4, 0.5) is 13.2 Å². The quantitative estimate of drug-likeness (QED) is 0.717. The van der Waals surface area contributed by atoms with Gasteiger partial charge in [0.05, 0.1) is 30.0 Å². The van der Waals surface area contributed by atoms with Gasteiger partial charge in [-0.2, -0.15) is 13.2 Å². The SMILES string of the molecule is COCCNC(=O)c1cn(C2CCCN(C(=O)c3ccccc3C(F)(F)F)C2)nn1. The van der Waals surface area contributed by atoms with Crippen molar-refractivity contribution in [1.29, 1.82) is 0 Å². The van der Waals surface area contributed by atoms with Crippen molar-refractivity contribution in [2.45, 2.75) is 25.1 Å². The summed E-state index contributed by atoms with van der Waals surface area (Å²) in [6.07, 6.45) is -1.87. The zero-order valence-electron chi connectivity index (χ0n) is 16.4. The van der Waals surface area contributed by atoms with Gasteiger partial charge >= 0.3 is 6.18 Å². The molecule has 2 aromatic rings. The summed E-state index contributed by atoms with van der Waals surface area (Å²) in [4.78, 5) is 26.2. The van der Waals surface area contributed by atoms with Crippen molar-refractivity contribution in [3.05, 3.63) is 47.3 Å². The second kappa shape index (κ2) is 9.24. The third kappa shape index (κ3) is 4.96. The summed E-state index contributed by atoms with van der Waals surface area (Å²) in [6, 6.07) is 4.48. The molecule has 1 aromatic carbocycles. The lowest BCUT2D eigenvalue weighted by Gasteiger charge is -2.33. The first-order valence-electron chi connectivity index (χ1n) is 9.45. The van der Waals surface area contributed by atoms with Gasteiger partial charge in [-0.05, 0) is 25.0 Å². The number of carbonyl (C=O) groups is 2. The molecule has 8 nitrogen and oxygen atoms in total. The molecule has 1 atom stereocenters. The highest BCUT2D eigenvalue weighted by molar-refractivity contribution is 5.96. The Balaban J connectivity index is 1.71. The molecule has 2 amide bonds. The Kier molecular flexibility index (Phi) is 6.70. The molecule has 0 radical (unpaired) electrons. The van der Waals surface area contributed by atoms with Crippen LogP contribution in [-0.4, -0.2) is 65.1 Å². The molecule has 0 aliphatic carbocycles. The molecular formula is C19H22F3N5O3. The second-order valence-electron chi connectivity index (χ2n) is 6.92. The third-order valence-electron chi connectivity index (χ3n) is 4.86. The molecule has 162 valence electrons. The third-order valence-corrected chi connectivity index (χ3v) is 4.86. The average molecular weight is 425 g/mol. The molecule has 11 heteroatoms. The Morgan fingerprint density at radius 1 is 1.30 bits per heavy atom. The van der Waals surface area contributed by atoms with E-state index in [4.69, 9.17) is 4.74 Å². The maximum atomic E-state index is 13.3. The fourth-order valence-corrected chi connectivity index (χ4v) is 3.36. The molecule has 0 saturated carbocycles. The summed E-state index contributed by atoms with van der Waals surface area (Å²) in [5.41, 5.74) is -1.20. The van der Waals surface area contributed by atoms with Crippen molar-refractivity contribution in [3.8, 4) is 0 Å². The van der Waals surface area contributed by atoms with Crippen LogP contribution >= 0.6 is 0 Å². The zero-order valence-corrected chi connectivity index (χ0v) is 16.4. The Labute approximate surface area is 171 Å². The number of alkyl halides is 3. The number of nitrogens with one attached hydrogen (secondary N) is 1. The van der Waals surface area contributed by atoms with Crippen molar-refractivity contribution in [3.63, 3.8) is 0 Å². The van der Waals surface area contributed by atoms with Crippen LogP contribution in [0, 0.1) is 0 Å². The predicted octanol–water partition coefficient (Wildman–Crippen LogP) is 2.15. The molecule has 1 N–H and O–H groups in total. The molecule has 0 bridgehead atoms. The summed E-state index contributed by atoms with van der Waals surface area (Å²) in [6.45, 7) is 1.21. The Morgan fingerprint density at radius 3 is 2.80 bits per heavy atom. The molecule has 30 heavy (non-hydrogen) atoms. The van der Waals surface area contributed by atoms with E-state index in [0.717, 1.165) is 6.07 Å². The minimum Gasteiger partial charge on any atom is -0.383 e. The van der Waals surface area contributed by atoms with Crippen LogP contribution in [0.1, 0.15) is 45.3 Å². The number of nitrogens with zero attached hydrogens (tertiary/aromatic N) is 4. The number of benzene rings is 1. The predicted molar refractivity (Wildman–Crippen MR) is 99.8 cm³/mol. The molecule has 1 fully saturated rings. The van der Waals surface area contributed by atoms with E-state index in [0.29, 0.717) is 32.5 Å². The van der Waals surface area contributed by atoms with Crippen molar-refractivity contribution in [1.82, 2.24) is 25.2 Å². The average Bonchev–Trinajstić information content (AvgIpc) is 3.23. The minimum atomic E-state index is -4.61. The highest BCUT2D eigenvalue weighted by Crippen LogP contribution is 2.33. The van der Waals surface area contributed by atoms with Gasteiger partial charge in [-0.3, -0.25) is 9.59 Å². The van der Waals surface area contributed by atoms with Crippen LogP contribution in [0.5, 0.6) is 0 Å². The van der Waals surface area contributed by atoms with Gasteiger partial charge in [0.15, 0.2) is 5.69 Å². The summed E-state index contributed by atoms with van der Waals surface area (Å²) < 4.78 is 46.2. The van der Waals surface area contributed by atoms with Gasteiger partial charge in [-0.1, -0.05) is 17.3 Å². The van der Waals surface area contributed by atoms with Crippen LogP contribution in [0.2, 0.25) is 0 Å². The van der Waals surface area contributed by atoms with Gasteiger partial charge in [-0.25, -0.2) is 4.68 Å². The van der Waals surface area contributed by atoms with Gasteiger partial charge in [0, 0.05) is 26.7 Å². The zero-order chi connectivity index (χ0) is 21.7. The number of rotatable bonds is 6. The lowest BCUT2D eigenvalue weighted by atomic mass is 10.0. The normalized spacial score (nSPS) is 17.1. The molecule has 1 saturated heterocycles. The number of ether oxygens (including phenoxy) is 1. The minimum absolute atomic E-state index is 0.122. The fraction of sp³-hybridized carbons (Fsp3) is 0.474. The summed E-state index contributed by atoms with van der Waals surface area (Å²) in [7, 11) is 1.52. The smallest absolute Gasteiger partial charge is 0.383 e. The highest BCUT2D eigenvalue weighted by atomic mass is 19.4. The van der Waals surface area contributed by atoms with Gasteiger partial charge in [-0.15, -0.1) is 5.10 Å². The maximum absolute atomic E-state index is 13.3. The van der Waals surface area contributed by atoms with Crippen molar-refractivity contribution >= 4 is 11.8 Å². The molecule has 1 unspecified atom stereocenters. The van der Waals surface area contributed by atoms with Crippen LogP contribution in [0.25, 0.3) is 0 Å². The van der Waals surface area contributed by atoms with Crippen LogP contribution in [-0.2, 0) is 10.9 Å². The molecule has 1 aromatic heterocycles. The number of hydrogen-bond donors (Lipinski definition) is 1. The molecule has 2 heterocycles. The largest absolute Gasteiger partial charge is 0.417 e. The first kappa shape index (κ1) is 21.8. The number of methoxy groups -OCH3 is 1. The summed E-state index contributed by atoms with van der Waals surface area (Å²) in [5.74, 6) is -1.08. The first-order chi connectivity index (χ1) is 14.3. The lowest BCUT2D eigenvalue weighted by Crippen LogP contribution is -2.41. The van der Waals surface area contributed by atoms with Crippen LogP contribution in [0.3, 0.4) is 0 Å². The van der Waals surface area contributed by atoms with Gasteiger partial charge < -0.3 is 15.0 Å². The monoisotopic (exact) mass is 425 g/mol. The van der Waals surface area contributed by atoms with Crippen LogP contribution < -0.4 is 5.32 Å². The van der Waals surface area contributed by atoms with Gasteiger partial charge in [0.2, 0.25) is 0 Å². The van der Waals surface area contributed by atoms with Crippen molar-refractivity contribution in [2.75, 3.05) is 33.4 Å². The van der Waals surface area contributed by atoms with E-state index >= 15 is 0 Å². The standard InChI is InChI=1S/C19H22F3N5O3/c1-30-10-8-23-17(28)16-12-27(25-24-16)13-5-4-9-26(11-13)18(29)14-6-2-3-7-15(14)19(20,21)22/h2-3,6-7,12-13H,4-5,8-11H2,1H3,(H,23,28). The van der Waals surface area contributed by atoms with E-state index in [2.05, 4.69) is 15.6 Å². The van der Waals surface area contributed by atoms with Crippen molar-refractivity contribution in [2.24, 2.45) is 0 Å². The number of halogens is 3. The van der Waals surface area contributed by atoms with Gasteiger partial charge in [0.1, 0.15) is 0 Å². The molecule has 1 aliphatic heterocycles. The fourth-order valence-electron chi connectivity index (χ4n) is 3.36. The van der Waals surface area contributed by atoms with Gasteiger partial charge in [0.25, 0.3) is 11.8 Å². The van der Waals surface area contributed by atoms with E-state index in [9.17, 15) is 22.8 Å². The van der Waals surface area contributed by atoms with E-state index in [1.54, 1.807) is 0 Å². The molecule has 0 spiro atoms. The van der Waals surface area contributed by atoms with E-state index in [-0.39, 0.29) is 23.8 Å². The summed E-state index contributed by atoms with van der Waals surface area (Å²) >= 11 is 0. The topological polar surface area (TPSA) is 89.4 Å². The Hall–Kier alpha value is -2.95. The second-order valence-corrected chi connectivity index (χ2v) is 6.92. The number of piperidine rings is 1. The number of likely N-dealkylation sites (tertiary alicyclic amines) is 1. The van der Waals surface area contributed by atoms with Crippen molar-refractivity contribution < 1.29 is 27.5 Å². The Bertz CT molecular complexity index is 900. The molecular weight excluding hydrogens is 403 g/mol. The highest BCUT2D eigenvalue weighted by Gasteiger charge is 2.37. The number of carbonyl (C=O) groups excluding carboxylic acids is 2. The van der Waals surface area contributed by atoms with E-state index in [1.807, 2.05) is 0 Å². The Morgan fingerprint density at radius 2 is 2.07 bits per heavy atom. The first-order valence-corrected chi connectivity index (χ1v) is 9.45.